The molecule has 0 saturated carbocycles. The number of benzene rings is 2. The number of aromatic amines is 1. The molecule has 0 aliphatic rings. The summed E-state index contributed by atoms with van der Waals surface area (Å²) < 4.78 is 18.8. The van der Waals surface area contributed by atoms with Gasteiger partial charge in [-0.15, -0.1) is 15.3 Å². The van der Waals surface area contributed by atoms with Gasteiger partial charge in [0.1, 0.15) is 5.82 Å². The summed E-state index contributed by atoms with van der Waals surface area (Å²) in [5, 5.41) is 15.8. The summed E-state index contributed by atoms with van der Waals surface area (Å²) in [6.45, 7) is 3.98. The molecule has 2 aromatic heterocycles. The van der Waals surface area contributed by atoms with Crippen LogP contribution in [0.25, 0.3) is 22.8 Å². The van der Waals surface area contributed by atoms with Gasteiger partial charge in [0.05, 0.1) is 5.25 Å². The lowest BCUT2D eigenvalue weighted by molar-refractivity contribution is 0.509. The summed E-state index contributed by atoms with van der Waals surface area (Å²) in [7, 11) is 0. The fraction of sp³-hybridized carbons (Fsp3) is 0.158. The molecular formula is C19H16FN5OS. The summed E-state index contributed by atoms with van der Waals surface area (Å²) in [5.74, 6) is 1.22. The Morgan fingerprint density at radius 3 is 2.44 bits per heavy atom. The summed E-state index contributed by atoms with van der Waals surface area (Å²) in [5.41, 5.74) is 2.84. The van der Waals surface area contributed by atoms with Gasteiger partial charge >= 0.3 is 0 Å². The van der Waals surface area contributed by atoms with Gasteiger partial charge < -0.3 is 4.42 Å². The minimum absolute atomic E-state index is 0.131. The zero-order chi connectivity index (χ0) is 18.8. The van der Waals surface area contributed by atoms with E-state index < -0.39 is 0 Å². The summed E-state index contributed by atoms with van der Waals surface area (Å²) >= 11 is 1.42. The van der Waals surface area contributed by atoms with Crippen molar-refractivity contribution in [3.8, 4) is 22.8 Å². The minimum Gasteiger partial charge on any atom is -0.419 e. The van der Waals surface area contributed by atoms with E-state index in [2.05, 4.69) is 25.4 Å². The molecule has 6 nitrogen and oxygen atoms in total. The molecule has 2 heterocycles. The third-order valence-electron chi connectivity index (χ3n) is 3.95. The minimum atomic E-state index is -0.309. The first-order valence-electron chi connectivity index (χ1n) is 8.34. The van der Waals surface area contributed by atoms with Crippen molar-refractivity contribution in [1.82, 2.24) is 25.4 Å². The van der Waals surface area contributed by atoms with Crippen LogP contribution in [0, 0.1) is 12.7 Å². The molecule has 27 heavy (non-hydrogen) atoms. The van der Waals surface area contributed by atoms with E-state index in [9.17, 15) is 4.39 Å². The van der Waals surface area contributed by atoms with Gasteiger partial charge in [-0.05, 0) is 38.1 Å². The van der Waals surface area contributed by atoms with Crippen LogP contribution in [0.4, 0.5) is 4.39 Å². The van der Waals surface area contributed by atoms with Crippen LogP contribution in [-0.4, -0.2) is 25.4 Å². The quantitative estimate of drug-likeness (QED) is 0.499. The molecule has 136 valence electrons. The van der Waals surface area contributed by atoms with Crippen LogP contribution >= 0.6 is 11.8 Å². The number of hydrogen-bond acceptors (Lipinski definition) is 6. The van der Waals surface area contributed by atoms with E-state index in [1.807, 2.05) is 38.1 Å². The largest absolute Gasteiger partial charge is 0.419 e. The predicted molar refractivity (Wildman–Crippen MR) is 101 cm³/mol. The van der Waals surface area contributed by atoms with Gasteiger partial charge in [-0.25, -0.2) is 9.37 Å². The van der Waals surface area contributed by atoms with Gasteiger partial charge in [0, 0.05) is 11.1 Å². The highest BCUT2D eigenvalue weighted by molar-refractivity contribution is 7.99. The number of thioether (sulfide) groups is 1. The van der Waals surface area contributed by atoms with E-state index in [1.54, 1.807) is 12.1 Å². The van der Waals surface area contributed by atoms with Crippen LogP contribution in [0.1, 0.15) is 23.6 Å². The van der Waals surface area contributed by atoms with Crippen LogP contribution < -0.4 is 0 Å². The highest BCUT2D eigenvalue weighted by atomic mass is 32.2. The van der Waals surface area contributed by atoms with Gasteiger partial charge in [0.25, 0.3) is 0 Å². The van der Waals surface area contributed by atoms with Crippen molar-refractivity contribution in [2.45, 2.75) is 24.3 Å². The van der Waals surface area contributed by atoms with Crippen LogP contribution in [0.5, 0.6) is 0 Å². The van der Waals surface area contributed by atoms with Crippen molar-refractivity contribution in [2.75, 3.05) is 0 Å². The molecule has 1 atom stereocenters. The van der Waals surface area contributed by atoms with Crippen molar-refractivity contribution >= 4 is 11.8 Å². The van der Waals surface area contributed by atoms with Gasteiger partial charge in [-0.3, -0.25) is 5.10 Å². The Hall–Kier alpha value is -3.00. The maximum absolute atomic E-state index is 13.0. The van der Waals surface area contributed by atoms with Gasteiger partial charge in [-0.1, -0.05) is 41.6 Å². The van der Waals surface area contributed by atoms with Gasteiger partial charge in [0.15, 0.2) is 5.82 Å². The summed E-state index contributed by atoms with van der Waals surface area (Å²) in [6.07, 6.45) is 0. The molecule has 0 bridgehead atoms. The van der Waals surface area contributed by atoms with Crippen molar-refractivity contribution in [3.63, 3.8) is 0 Å². The lowest BCUT2D eigenvalue weighted by Gasteiger charge is -2.02. The first-order valence-corrected chi connectivity index (χ1v) is 9.22. The molecule has 2 aromatic carbocycles. The SMILES string of the molecule is Cc1ccc(-c2nc(S[C@@H](C)c3nnc(-c4ccc(F)cc4)o3)n[nH]2)cc1. The monoisotopic (exact) mass is 381 g/mol. The molecule has 4 rings (SSSR count). The van der Waals surface area contributed by atoms with E-state index >= 15 is 0 Å². The highest BCUT2D eigenvalue weighted by Crippen LogP contribution is 2.34. The van der Waals surface area contributed by atoms with E-state index in [0.717, 1.165) is 5.56 Å². The Bertz CT molecular complexity index is 1040. The number of aromatic nitrogens is 5. The first kappa shape index (κ1) is 17.4. The molecule has 0 saturated heterocycles. The zero-order valence-corrected chi connectivity index (χ0v) is 15.5. The maximum Gasteiger partial charge on any atom is 0.247 e. The Kier molecular flexibility index (Phi) is 4.72. The third-order valence-corrected chi connectivity index (χ3v) is 4.90. The number of hydrogen-bond donors (Lipinski definition) is 1. The van der Waals surface area contributed by atoms with E-state index in [1.165, 1.54) is 29.5 Å². The second-order valence-corrected chi connectivity index (χ2v) is 7.35. The number of H-pyrrole nitrogens is 1. The molecule has 1 N–H and O–H groups in total. The number of halogens is 1. The second kappa shape index (κ2) is 7.32. The van der Waals surface area contributed by atoms with Crippen LogP contribution in [0.2, 0.25) is 0 Å². The molecule has 0 fully saturated rings. The average Bonchev–Trinajstić information content (AvgIpc) is 3.33. The molecule has 0 aliphatic heterocycles. The fourth-order valence-electron chi connectivity index (χ4n) is 2.46. The van der Waals surface area contributed by atoms with Crippen molar-refractivity contribution in [3.05, 3.63) is 65.8 Å². The van der Waals surface area contributed by atoms with Crippen molar-refractivity contribution in [2.24, 2.45) is 0 Å². The average molecular weight is 381 g/mol. The summed E-state index contributed by atoms with van der Waals surface area (Å²) in [6, 6.07) is 14.0. The van der Waals surface area contributed by atoms with E-state index in [4.69, 9.17) is 4.42 Å². The molecule has 0 radical (unpaired) electrons. The molecule has 0 amide bonds. The Balaban J connectivity index is 1.47. The molecule has 0 spiro atoms. The lowest BCUT2D eigenvalue weighted by Crippen LogP contribution is -1.89. The molecular weight excluding hydrogens is 365 g/mol. The van der Waals surface area contributed by atoms with Crippen LogP contribution in [-0.2, 0) is 0 Å². The zero-order valence-electron chi connectivity index (χ0n) is 14.7. The molecule has 0 unspecified atom stereocenters. The smallest absolute Gasteiger partial charge is 0.247 e. The van der Waals surface area contributed by atoms with Crippen LogP contribution in [0.15, 0.2) is 58.1 Å². The van der Waals surface area contributed by atoms with Crippen molar-refractivity contribution in [1.29, 1.82) is 0 Å². The Morgan fingerprint density at radius 2 is 1.70 bits per heavy atom. The van der Waals surface area contributed by atoms with E-state index in [0.29, 0.717) is 28.3 Å². The second-order valence-electron chi connectivity index (χ2n) is 6.05. The molecule has 4 aromatic rings. The Morgan fingerprint density at radius 1 is 1.00 bits per heavy atom. The number of nitrogens with zero attached hydrogens (tertiary/aromatic N) is 4. The third kappa shape index (κ3) is 3.90. The number of aryl methyl sites for hydroxylation is 1. The molecule has 0 aliphatic carbocycles. The standard InChI is InChI=1S/C19H16FN5OS/c1-11-3-5-13(6-4-11)16-21-19(25-22-16)27-12(2)17-23-24-18(26-17)14-7-9-15(20)10-8-14/h3-10,12H,1-2H3,(H,21,22,25)/t12-/m0/s1. The highest BCUT2D eigenvalue weighted by Gasteiger charge is 2.18. The molecule has 8 heteroatoms. The number of rotatable bonds is 5. The summed E-state index contributed by atoms with van der Waals surface area (Å²) in [4.78, 5) is 4.52. The van der Waals surface area contributed by atoms with Gasteiger partial charge in [0.2, 0.25) is 16.9 Å². The number of nitrogens with one attached hydrogen (secondary N) is 1. The van der Waals surface area contributed by atoms with E-state index in [-0.39, 0.29) is 11.1 Å². The maximum atomic E-state index is 13.0. The fourth-order valence-corrected chi connectivity index (χ4v) is 3.21. The first-order chi connectivity index (χ1) is 13.1. The normalized spacial score (nSPS) is 12.3. The van der Waals surface area contributed by atoms with Gasteiger partial charge in [-0.2, -0.15) is 0 Å². The topological polar surface area (TPSA) is 80.5 Å². The lowest BCUT2D eigenvalue weighted by atomic mass is 10.1. The van der Waals surface area contributed by atoms with Crippen LogP contribution in [0.3, 0.4) is 0 Å². The van der Waals surface area contributed by atoms with Crippen molar-refractivity contribution < 1.29 is 8.81 Å². The predicted octanol–water partition coefficient (Wildman–Crippen LogP) is 4.82. The Labute approximate surface area is 159 Å².